The molecule has 2 N–H and O–H groups in total. The number of carbonyl (C=O) groups is 1. The van der Waals surface area contributed by atoms with Gasteiger partial charge in [0.25, 0.3) is 0 Å². The molecular formula is C32H33F3N4O3S. The molecule has 0 radical (unpaired) electrons. The number of fused-ring (bicyclic) bond motifs is 2. The van der Waals surface area contributed by atoms with E-state index in [1.807, 2.05) is 12.1 Å². The van der Waals surface area contributed by atoms with Gasteiger partial charge in [0.2, 0.25) is 5.91 Å². The van der Waals surface area contributed by atoms with Gasteiger partial charge in [-0.1, -0.05) is 12.1 Å². The summed E-state index contributed by atoms with van der Waals surface area (Å²) in [6, 6.07) is 22.7. The van der Waals surface area contributed by atoms with Crippen molar-refractivity contribution in [2.75, 3.05) is 31.5 Å². The summed E-state index contributed by atoms with van der Waals surface area (Å²) in [5, 5.41) is 21.6. The zero-order chi connectivity index (χ0) is 30.4. The summed E-state index contributed by atoms with van der Waals surface area (Å²) in [5.41, 5.74) is -2.29. The van der Waals surface area contributed by atoms with E-state index >= 15 is 0 Å². The van der Waals surface area contributed by atoms with Gasteiger partial charge < -0.3 is 15.2 Å². The van der Waals surface area contributed by atoms with E-state index in [1.54, 1.807) is 36.4 Å². The van der Waals surface area contributed by atoms with Crippen LogP contribution in [-0.4, -0.2) is 64.6 Å². The number of aromatic hydroxyl groups is 1. The molecule has 2 aliphatic heterocycles. The summed E-state index contributed by atoms with van der Waals surface area (Å²) in [7, 11) is 0. The average Bonchev–Trinajstić information content (AvgIpc) is 3.21. The minimum absolute atomic E-state index is 0.0772. The topological polar surface area (TPSA) is 88.8 Å². The Balaban J connectivity index is 1.12. The normalized spacial score (nSPS) is 19.5. The van der Waals surface area contributed by atoms with E-state index in [9.17, 15) is 28.3 Å². The number of thioether (sulfide) groups is 1. The number of amides is 1. The molecule has 0 saturated carbocycles. The van der Waals surface area contributed by atoms with Crippen molar-refractivity contribution >= 4 is 23.4 Å². The molecule has 0 aliphatic carbocycles. The van der Waals surface area contributed by atoms with Crippen molar-refractivity contribution in [3.05, 3.63) is 83.9 Å². The third-order valence-electron chi connectivity index (χ3n) is 7.86. The van der Waals surface area contributed by atoms with Crippen LogP contribution in [0.2, 0.25) is 0 Å². The molecule has 2 aliphatic rings. The number of benzene rings is 3. The molecule has 11 heteroatoms. The van der Waals surface area contributed by atoms with Crippen LogP contribution in [0, 0.1) is 11.3 Å². The molecule has 2 heterocycles. The van der Waals surface area contributed by atoms with E-state index in [4.69, 9.17) is 4.74 Å². The number of nitrogens with zero attached hydrogens (tertiary/aromatic N) is 3. The second-order valence-corrected chi connectivity index (χ2v) is 12.1. The highest BCUT2D eigenvalue weighted by atomic mass is 32.2. The number of phenols is 1. The van der Waals surface area contributed by atoms with Crippen LogP contribution in [0.4, 0.5) is 18.9 Å². The number of rotatable bonds is 11. The first-order valence-electron chi connectivity index (χ1n) is 14.2. The highest BCUT2D eigenvalue weighted by molar-refractivity contribution is 8.00. The number of nitrogens with one attached hydrogen (secondary N) is 1. The van der Waals surface area contributed by atoms with E-state index in [1.165, 1.54) is 24.3 Å². The highest BCUT2D eigenvalue weighted by Crippen LogP contribution is 2.37. The molecule has 2 saturated heterocycles. The Kier molecular flexibility index (Phi) is 9.80. The number of hydrogen-bond donors (Lipinski definition) is 2. The van der Waals surface area contributed by atoms with Crippen molar-refractivity contribution in [3.63, 3.8) is 0 Å². The first-order chi connectivity index (χ1) is 20.6. The fourth-order valence-electron chi connectivity index (χ4n) is 5.93. The maximum atomic E-state index is 12.7. The number of halogens is 3. The predicted molar refractivity (Wildman–Crippen MR) is 159 cm³/mol. The number of phenolic OH excluding ortho intramolecular Hbond substituents is 1. The number of carbonyl (C=O) groups excluding carboxylic acids is 1. The van der Waals surface area contributed by atoms with Gasteiger partial charge in [-0.25, -0.2) is 0 Å². The Morgan fingerprint density at radius 1 is 1.02 bits per heavy atom. The second kappa shape index (κ2) is 13.7. The maximum absolute atomic E-state index is 12.7. The fourth-order valence-corrected chi connectivity index (χ4v) is 6.47. The number of nitriles is 1. The van der Waals surface area contributed by atoms with Crippen LogP contribution in [0.1, 0.15) is 42.9 Å². The van der Waals surface area contributed by atoms with Gasteiger partial charge in [0.15, 0.2) is 0 Å². The molecule has 3 atom stereocenters. The molecule has 3 unspecified atom stereocenters. The number of piperazine rings is 1. The number of anilines is 1. The van der Waals surface area contributed by atoms with Crippen molar-refractivity contribution in [1.29, 1.82) is 5.26 Å². The van der Waals surface area contributed by atoms with Crippen LogP contribution in [-0.2, 0) is 4.79 Å². The van der Waals surface area contributed by atoms with Crippen molar-refractivity contribution in [2.24, 2.45) is 0 Å². The van der Waals surface area contributed by atoms with Crippen LogP contribution in [0.3, 0.4) is 0 Å². The van der Waals surface area contributed by atoms with Gasteiger partial charge in [-0.15, -0.1) is 0 Å². The van der Waals surface area contributed by atoms with Crippen LogP contribution >= 0.6 is 11.8 Å². The van der Waals surface area contributed by atoms with Crippen LogP contribution < -0.4 is 10.1 Å². The number of hydrogen-bond acceptors (Lipinski definition) is 7. The van der Waals surface area contributed by atoms with Crippen LogP contribution in [0.5, 0.6) is 11.5 Å². The predicted octanol–water partition coefficient (Wildman–Crippen LogP) is 6.56. The molecule has 5 rings (SSSR count). The molecule has 0 spiro atoms. The van der Waals surface area contributed by atoms with Crippen LogP contribution in [0.25, 0.3) is 0 Å². The Hall–Kier alpha value is -3.72. The molecule has 2 fully saturated rings. The Bertz CT molecular complexity index is 1400. The van der Waals surface area contributed by atoms with E-state index in [0.717, 1.165) is 50.9 Å². The standard InChI is InChI=1S/C32H33F3N4O3S/c33-32(34,35)43-29-15-7-24(8-16-29)37-31(41)21-38-19-25-9-10-26(20-38)39(25)17-1-2-30(23-5-3-22(18-36)4-6-23)42-28-13-11-27(40)12-14-28/h3-8,11-16,25-26,30,40H,1-2,9-10,17,19-21H2,(H,37,41). The average molecular weight is 611 g/mol. The van der Waals surface area contributed by atoms with E-state index in [-0.39, 0.29) is 41.0 Å². The Morgan fingerprint density at radius 3 is 2.28 bits per heavy atom. The molecule has 2 bridgehead atoms. The van der Waals surface area contributed by atoms with Gasteiger partial charge in [-0.05, 0) is 110 Å². The van der Waals surface area contributed by atoms with E-state index < -0.39 is 5.51 Å². The molecule has 3 aromatic rings. The minimum Gasteiger partial charge on any atom is -0.508 e. The quantitative estimate of drug-likeness (QED) is 0.238. The molecule has 226 valence electrons. The lowest BCUT2D eigenvalue weighted by Crippen LogP contribution is -2.55. The summed E-state index contributed by atoms with van der Waals surface area (Å²) in [6.45, 7) is 2.72. The van der Waals surface area contributed by atoms with E-state index in [0.29, 0.717) is 29.1 Å². The molecule has 43 heavy (non-hydrogen) atoms. The molecule has 3 aromatic carbocycles. The van der Waals surface area contributed by atoms with E-state index in [2.05, 4.69) is 21.2 Å². The first-order valence-corrected chi connectivity index (χ1v) is 15.1. The minimum atomic E-state index is -4.35. The van der Waals surface area contributed by atoms with Crippen molar-refractivity contribution < 1.29 is 27.8 Å². The second-order valence-electron chi connectivity index (χ2n) is 10.9. The zero-order valence-corrected chi connectivity index (χ0v) is 24.3. The molecule has 1 amide bonds. The summed E-state index contributed by atoms with van der Waals surface area (Å²) < 4.78 is 44.0. The van der Waals surface area contributed by atoms with Gasteiger partial charge in [0.05, 0.1) is 18.2 Å². The number of likely N-dealkylation sites (tertiary alicyclic amines) is 1. The summed E-state index contributed by atoms with van der Waals surface area (Å²) in [4.78, 5) is 17.5. The smallest absolute Gasteiger partial charge is 0.446 e. The van der Waals surface area contributed by atoms with Gasteiger partial charge in [-0.2, -0.15) is 18.4 Å². The molecule has 0 aromatic heterocycles. The summed E-state index contributed by atoms with van der Waals surface area (Å²) in [6.07, 6.45) is 3.61. The van der Waals surface area contributed by atoms with Gasteiger partial charge in [0, 0.05) is 35.8 Å². The third-order valence-corrected chi connectivity index (χ3v) is 8.60. The third kappa shape index (κ3) is 8.66. The van der Waals surface area contributed by atoms with Crippen molar-refractivity contribution in [2.45, 2.75) is 54.3 Å². The monoisotopic (exact) mass is 610 g/mol. The first kappa shape index (κ1) is 30.7. The summed E-state index contributed by atoms with van der Waals surface area (Å²) in [5.74, 6) is 0.656. The number of alkyl halides is 3. The van der Waals surface area contributed by atoms with Gasteiger partial charge >= 0.3 is 5.51 Å². The van der Waals surface area contributed by atoms with Crippen molar-refractivity contribution in [1.82, 2.24) is 9.80 Å². The lowest BCUT2D eigenvalue weighted by Gasteiger charge is -2.41. The fraction of sp³-hybridized carbons (Fsp3) is 0.375. The lowest BCUT2D eigenvalue weighted by atomic mass is 10.0. The zero-order valence-electron chi connectivity index (χ0n) is 23.5. The van der Waals surface area contributed by atoms with Crippen molar-refractivity contribution in [3.8, 4) is 17.6 Å². The van der Waals surface area contributed by atoms with Gasteiger partial charge in [-0.3, -0.25) is 14.6 Å². The maximum Gasteiger partial charge on any atom is 0.446 e. The van der Waals surface area contributed by atoms with Gasteiger partial charge in [0.1, 0.15) is 17.6 Å². The Morgan fingerprint density at radius 2 is 1.67 bits per heavy atom. The Labute approximate surface area is 253 Å². The SMILES string of the molecule is N#Cc1ccc(C(CCCN2C3CCC2CN(CC(=O)Nc2ccc(SC(F)(F)F)cc2)C3)Oc2ccc(O)cc2)cc1. The van der Waals surface area contributed by atoms with Crippen LogP contribution in [0.15, 0.2) is 77.7 Å². The largest absolute Gasteiger partial charge is 0.508 e. The molecule has 7 nitrogen and oxygen atoms in total. The number of ether oxygens (including phenoxy) is 1. The highest BCUT2D eigenvalue weighted by Gasteiger charge is 2.39. The lowest BCUT2D eigenvalue weighted by molar-refractivity contribution is -0.118. The summed E-state index contributed by atoms with van der Waals surface area (Å²) >= 11 is -0.179. The molecular weight excluding hydrogens is 577 g/mol.